The second-order valence-electron chi connectivity index (χ2n) is 4.78. The van der Waals surface area contributed by atoms with E-state index in [1.54, 1.807) is 18.4 Å². The summed E-state index contributed by atoms with van der Waals surface area (Å²) in [5, 5.41) is 8.84. The predicted octanol–water partition coefficient (Wildman–Crippen LogP) is 3.66. The first-order valence-corrected chi connectivity index (χ1v) is 7.72. The van der Waals surface area contributed by atoms with E-state index in [9.17, 15) is 0 Å². The molecular weight excluding hydrogens is 282 g/mol. The number of anilines is 1. The van der Waals surface area contributed by atoms with Gasteiger partial charge in [-0.3, -0.25) is 0 Å². The van der Waals surface area contributed by atoms with Crippen LogP contribution >= 0.6 is 11.3 Å². The van der Waals surface area contributed by atoms with E-state index < -0.39 is 0 Å². The van der Waals surface area contributed by atoms with Gasteiger partial charge in [-0.05, 0) is 30.5 Å². The molecule has 3 aromatic rings. The molecule has 2 aromatic heterocycles. The fourth-order valence-corrected chi connectivity index (χ4v) is 2.89. The number of hydrogen-bond donors (Lipinski definition) is 1. The molecule has 0 aliphatic carbocycles. The van der Waals surface area contributed by atoms with E-state index in [4.69, 9.17) is 4.74 Å². The monoisotopic (exact) mass is 299 g/mol. The van der Waals surface area contributed by atoms with Crippen molar-refractivity contribution in [3.05, 3.63) is 46.5 Å². The molecule has 0 aliphatic heterocycles. The molecule has 0 unspecified atom stereocenters. The lowest BCUT2D eigenvalue weighted by atomic mass is 10.1. The predicted molar refractivity (Wildman–Crippen MR) is 87.3 cm³/mol. The van der Waals surface area contributed by atoms with Crippen LogP contribution < -0.4 is 10.1 Å². The molecule has 0 atom stereocenters. The highest BCUT2D eigenvalue weighted by molar-refractivity contribution is 7.09. The summed E-state index contributed by atoms with van der Waals surface area (Å²) in [5.74, 6) is 1.73. The number of pyridine rings is 1. The maximum atomic E-state index is 5.29. The van der Waals surface area contributed by atoms with Crippen molar-refractivity contribution >= 4 is 27.9 Å². The Morgan fingerprint density at radius 2 is 2.19 bits per heavy atom. The van der Waals surface area contributed by atoms with Crippen LogP contribution in [0.25, 0.3) is 10.8 Å². The minimum atomic E-state index is 0.812. The molecule has 5 heteroatoms. The van der Waals surface area contributed by atoms with E-state index in [1.807, 2.05) is 37.4 Å². The van der Waals surface area contributed by atoms with Gasteiger partial charge in [0.1, 0.15) is 11.6 Å². The number of nitrogens with one attached hydrogen (secondary N) is 1. The molecule has 3 rings (SSSR count). The maximum Gasteiger partial charge on any atom is 0.133 e. The summed E-state index contributed by atoms with van der Waals surface area (Å²) in [7, 11) is 1.68. The highest BCUT2D eigenvalue weighted by Crippen LogP contribution is 2.25. The van der Waals surface area contributed by atoms with Crippen LogP contribution in [0.3, 0.4) is 0 Å². The number of hydrogen-bond acceptors (Lipinski definition) is 5. The minimum Gasteiger partial charge on any atom is -0.497 e. The molecule has 0 fully saturated rings. The van der Waals surface area contributed by atoms with Gasteiger partial charge in [-0.1, -0.05) is 6.07 Å². The molecule has 0 saturated heterocycles. The van der Waals surface area contributed by atoms with E-state index in [-0.39, 0.29) is 0 Å². The van der Waals surface area contributed by atoms with Gasteiger partial charge < -0.3 is 10.1 Å². The van der Waals surface area contributed by atoms with Crippen LogP contribution in [0.4, 0.5) is 5.82 Å². The van der Waals surface area contributed by atoms with Crippen LogP contribution in [0.1, 0.15) is 10.7 Å². The van der Waals surface area contributed by atoms with Crippen molar-refractivity contribution in [1.29, 1.82) is 0 Å². The van der Waals surface area contributed by atoms with Gasteiger partial charge in [-0.25, -0.2) is 9.97 Å². The van der Waals surface area contributed by atoms with Gasteiger partial charge in [0.2, 0.25) is 0 Å². The molecule has 0 saturated carbocycles. The van der Waals surface area contributed by atoms with Gasteiger partial charge >= 0.3 is 0 Å². The standard InChI is InChI=1S/C16H17N3OS/c1-11-19-13(10-21-11)6-8-18-16-15-9-14(20-2)4-3-12(15)5-7-17-16/h3-5,7,9-10H,6,8H2,1-2H3,(H,17,18). The van der Waals surface area contributed by atoms with Crippen molar-refractivity contribution < 1.29 is 4.74 Å². The van der Waals surface area contributed by atoms with Crippen molar-refractivity contribution in [3.63, 3.8) is 0 Å². The molecule has 0 aliphatic rings. The summed E-state index contributed by atoms with van der Waals surface area (Å²) in [6.45, 7) is 2.84. The van der Waals surface area contributed by atoms with Crippen LogP contribution in [-0.2, 0) is 6.42 Å². The van der Waals surface area contributed by atoms with Crippen LogP contribution in [0.5, 0.6) is 5.75 Å². The number of thiazole rings is 1. The first-order chi connectivity index (χ1) is 10.3. The van der Waals surface area contributed by atoms with Crippen molar-refractivity contribution in [2.45, 2.75) is 13.3 Å². The molecule has 2 heterocycles. The number of benzene rings is 1. The van der Waals surface area contributed by atoms with E-state index in [1.165, 1.54) is 0 Å². The highest BCUT2D eigenvalue weighted by atomic mass is 32.1. The Kier molecular flexibility index (Phi) is 4.01. The van der Waals surface area contributed by atoms with Crippen molar-refractivity contribution in [1.82, 2.24) is 9.97 Å². The molecule has 4 nitrogen and oxygen atoms in total. The van der Waals surface area contributed by atoms with Gasteiger partial charge in [0.25, 0.3) is 0 Å². The van der Waals surface area contributed by atoms with Crippen LogP contribution in [0.2, 0.25) is 0 Å². The van der Waals surface area contributed by atoms with Crippen LogP contribution in [0, 0.1) is 6.92 Å². The molecule has 1 aromatic carbocycles. The van der Waals surface area contributed by atoms with Gasteiger partial charge in [-0.15, -0.1) is 11.3 Å². The first-order valence-electron chi connectivity index (χ1n) is 6.84. The number of aryl methyl sites for hydroxylation is 1. The van der Waals surface area contributed by atoms with E-state index >= 15 is 0 Å². The summed E-state index contributed by atoms with van der Waals surface area (Å²) in [5.41, 5.74) is 1.13. The Hall–Kier alpha value is -2.14. The van der Waals surface area contributed by atoms with Gasteiger partial charge in [0.15, 0.2) is 0 Å². The number of nitrogens with zero attached hydrogens (tertiary/aromatic N) is 2. The first kappa shape index (κ1) is 13.8. The zero-order valence-corrected chi connectivity index (χ0v) is 12.9. The van der Waals surface area contributed by atoms with E-state index in [0.717, 1.165) is 46.0 Å². The summed E-state index contributed by atoms with van der Waals surface area (Å²) in [4.78, 5) is 8.90. The molecular formula is C16H17N3OS. The van der Waals surface area contributed by atoms with Crippen LogP contribution in [-0.4, -0.2) is 23.6 Å². The molecule has 0 radical (unpaired) electrons. The van der Waals surface area contributed by atoms with E-state index in [0.29, 0.717) is 0 Å². The topological polar surface area (TPSA) is 47.0 Å². The van der Waals surface area contributed by atoms with Crippen LogP contribution in [0.15, 0.2) is 35.8 Å². The Bertz CT molecular complexity index is 754. The van der Waals surface area contributed by atoms with Crippen molar-refractivity contribution in [2.24, 2.45) is 0 Å². The minimum absolute atomic E-state index is 0.812. The second-order valence-corrected chi connectivity index (χ2v) is 5.84. The van der Waals surface area contributed by atoms with Crippen molar-refractivity contribution in [3.8, 4) is 5.75 Å². The Balaban J connectivity index is 1.76. The molecule has 0 bridgehead atoms. The highest BCUT2D eigenvalue weighted by Gasteiger charge is 2.04. The Morgan fingerprint density at radius 1 is 1.29 bits per heavy atom. The zero-order valence-electron chi connectivity index (χ0n) is 12.1. The third kappa shape index (κ3) is 3.13. The largest absolute Gasteiger partial charge is 0.497 e. The van der Waals surface area contributed by atoms with Crippen molar-refractivity contribution in [2.75, 3.05) is 19.0 Å². The average Bonchev–Trinajstić information content (AvgIpc) is 2.92. The number of methoxy groups -OCH3 is 1. The fourth-order valence-electron chi connectivity index (χ4n) is 2.25. The fraction of sp³-hybridized carbons (Fsp3) is 0.250. The van der Waals surface area contributed by atoms with Gasteiger partial charge in [0.05, 0.1) is 17.8 Å². The Labute approximate surface area is 127 Å². The summed E-state index contributed by atoms with van der Waals surface area (Å²) in [6, 6.07) is 8.02. The SMILES string of the molecule is COc1ccc2ccnc(NCCc3csc(C)n3)c2c1. The van der Waals surface area contributed by atoms with E-state index in [2.05, 4.69) is 20.7 Å². The Morgan fingerprint density at radius 3 is 2.95 bits per heavy atom. The normalized spacial score (nSPS) is 10.8. The lowest BCUT2D eigenvalue weighted by Gasteiger charge is -2.09. The molecule has 1 N–H and O–H groups in total. The zero-order chi connectivity index (χ0) is 14.7. The summed E-state index contributed by atoms with van der Waals surface area (Å²) in [6.07, 6.45) is 2.72. The number of ether oxygens (including phenoxy) is 1. The number of aromatic nitrogens is 2. The van der Waals surface area contributed by atoms with Gasteiger partial charge in [-0.2, -0.15) is 0 Å². The smallest absolute Gasteiger partial charge is 0.133 e. The summed E-state index contributed by atoms with van der Waals surface area (Å²) < 4.78 is 5.29. The average molecular weight is 299 g/mol. The van der Waals surface area contributed by atoms with Gasteiger partial charge in [0, 0.05) is 29.9 Å². The number of rotatable bonds is 5. The lowest BCUT2D eigenvalue weighted by molar-refractivity contribution is 0.415. The molecule has 21 heavy (non-hydrogen) atoms. The molecule has 0 spiro atoms. The number of fused-ring (bicyclic) bond motifs is 1. The third-order valence-corrected chi connectivity index (χ3v) is 4.14. The third-order valence-electron chi connectivity index (χ3n) is 3.31. The molecule has 0 amide bonds. The summed E-state index contributed by atoms with van der Waals surface area (Å²) >= 11 is 1.69. The second kappa shape index (κ2) is 6.10. The molecule has 108 valence electrons. The quantitative estimate of drug-likeness (QED) is 0.781. The maximum absolute atomic E-state index is 5.29. The lowest BCUT2D eigenvalue weighted by Crippen LogP contribution is -2.07.